The van der Waals surface area contributed by atoms with Crippen molar-refractivity contribution in [3.05, 3.63) is 35.6 Å². The molecule has 158 valence electrons. The fourth-order valence-electron chi connectivity index (χ4n) is 3.22. The molecule has 0 radical (unpaired) electrons. The number of guanidine groups is 1. The molecule has 0 atom stereocenters. The number of rotatable bonds is 5. The Balaban J connectivity index is 0.00000392. The van der Waals surface area contributed by atoms with Crippen LogP contribution in [0.15, 0.2) is 29.3 Å². The molecular weight excluding hydrogens is 474 g/mol. The third-order valence-electron chi connectivity index (χ3n) is 4.89. The molecule has 28 heavy (non-hydrogen) atoms. The summed E-state index contributed by atoms with van der Waals surface area (Å²) in [5.41, 5.74) is 0.298. The van der Waals surface area contributed by atoms with Crippen molar-refractivity contribution in [3.63, 3.8) is 0 Å². The molecule has 0 aliphatic carbocycles. The van der Waals surface area contributed by atoms with Gasteiger partial charge in [0.05, 0.1) is 6.61 Å². The van der Waals surface area contributed by atoms with E-state index in [1.807, 2.05) is 32.9 Å². The van der Waals surface area contributed by atoms with Gasteiger partial charge in [0.15, 0.2) is 5.96 Å². The Bertz CT molecular complexity index is 661. The SMILES string of the molecule is CCOC(=O)N1CCC(NC(=NC)NCC(C)(C)c2ccccc2F)CC1.I. The summed E-state index contributed by atoms with van der Waals surface area (Å²) in [5.74, 6) is 0.493. The minimum absolute atomic E-state index is 0. The molecule has 1 aromatic carbocycles. The van der Waals surface area contributed by atoms with Crippen LogP contribution < -0.4 is 10.6 Å². The molecule has 8 heteroatoms. The highest BCUT2D eigenvalue weighted by atomic mass is 127. The van der Waals surface area contributed by atoms with Crippen LogP contribution in [0.3, 0.4) is 0 Å². The Labute approximate surface area is 184 Å². The number of benzene rings is 1. The molecule has 0 bridgehead atoms. The molecule has 1 aliphatic heterocycles. The smallest absolute Gasteiger partial charge is 0.409 e. The number of likely N-dealkylation sites (tertiary alicyclic amines) is 1. The summed E-state index contributed by atoms with van der Waals surface area (Å²) in [6.45, 7) is 8.08. The predicted molar refractivity (Wildman–Crippen MR) is 121 cm³/mol. The third kappa shape index (κ3) is 6.79. The first kappa shape index (κ1) is 24.5. The van der Waals surface area contributed by atoms with Crippen LogP contribution in [-0.2, 0) is 10.2 Å². The van der Waals surface area contributed by atoms with Gasteiger partial charge in [-0.1, -0.05) is 32.0 Å². The number of halogens is 2. The highest BCUT2D eigenvalue weighted by molar-refractivity contribution is 14.0. The largest absolute Gasteiger partial charge is 0.450 e. The van der Waals surface area contributed by atoms with Crippen molar-refractivity contribution < 1.29 is 13.9 Å². The van der Waals surface area contributed by atoms with E-state index in [0.717, 1.165) is 12.8 Å². The molecule has 1 fully saturated rings. The number of hydrogen-bond donors (Lipinski definition) is 2. The van der Waals surface area contributed by atoms with Gasteiger partial charge in [-0.2, -0.15) is 0 Å². The first-order valence-corrected chi connectivity index (χ1v) is 9.51. The number of piperidine rings is 1. The van der Waals surface area contributed by atoms with Crippen molar-refractivity contribution >= 4 is 36.0 Å². The van der Waals surface area contributed by atoms with Crippen molar-refractivity contribution in [2.75, 3.05) is 33.3 Å². The maximum absolute atomic E-state index is 14.1. The van der Waals surface area contributed by atoms with Crippen LogP contribution in [0.25, 0.3) is 0 Å². The quantitative estimate of drug-likeness (QED) is 0.365. The Morgan fingerprint density at radius 1 is 1.32 bits per heavy atom. The third-order valence-corrected chi connectivity index (χ3v) is 4.89. The van der Waals surface area contributed by atoms with Crippen molar-refractivity contribution in [3.8, 4) is 0 Å². The van der Waals surface area contributed by atoms with Crippen LogP contribution in [0.5, 0.6) is 0 Å². The molecule has 2 N–H and O–H groups in total. The van der Waals surface area contributed by atoms with E-state index in [9.17, 15) is 9.18 Å². The number of aliphatic imine (C=N–C) groups is 1. The fraction of sp³-hybridized carbons (Fsp3) is 0.600. The normalized spacial score (nSPS) is 15.6. The van der Waals surface area contributed by atoms with Crippen LogP contribution >= 0.6 is 24.0 Å². The topological polar surface area (TPSA) is 66.0 Å². The van der Waals surface area contributed by atoms with Gasteiger partial charge in [-0.05, 0) is 31.4 Å². The van der Waals surface area contributed by atoms with Crippen molar-refractivity contribution in [2.45, 2.75) is 45.1 Å². The van der Waals surface area contributed by atoms with Crippen LogP contribution in [-0.4, -0.2) is 56.3 Å². The summed E-state index contributed by atoms with van der Waals surface area (Å²) in [6, 6.07) is 7.09. The highest BCUT2D eigenvalue weighted by Gasteiger charge is 2.26. The van der Waals surface area contributed by atoms with E-state index in [1.165, 1.54) is 6.07 Å². The summed E-state index contributed by atoms with van der Waals surface area (Å²) in [5, 5.41) is 6.71. The zero-order chi connectivity index (χ0) is 19.9. The maximum atomic E-state index is 14.1. The van der Waals surface area contributed by atoms with Crippen LogP contribution in [0.2, 0.25) is 0 Å². The molecule has 0 saturated carbocycles. The van der Waals surface area contributed by atoms with Gasteiger partial charge in [0.2, 0.25) is 0 Å². The lowest BCUT2D eigenvalue weighted by atomic mass is 9.84. The van der Waals surface area contributed by atoms with E-state index in [1.54, 1.807) is 18.0 Å². The minimum atomic E-state index is -0.379. The molecule has 0 aromatic heterocycles. The Morgan fingerprint density at radius 2 is 1.96 bits per heavy atom. The molecule has 1 aliphatic rings. The summed E-state index contributed by atoms with van der Waals surface area (Å²) in [4.78, 5) is 17.8. The lowest BCUT2D eigenvalue weighted by molar-refractivity contribution is 0.0963. The lowest BCUT2D eigenvalue weighted by Crippen LogP contribution is -2.51. The van der Waals surface area contributed by atoms with Gasteiger partial charge in [0.1, 0.15) is 5.82 Å². The zero-order valence-corrected chi connectivity index (χ0v) is 19.5. The van der Waals surface area contributed by atoms with Crippen LogP contribution in [0.1, 0.15) is 39.2 Å². The van der Waals surface area contributed by atoms with Gasteiger partial charge in [-0.3, -0.25) is 4.99 Å². The summed E-state index contributed by atoms with van der Waals surface area (Å²) in [6.07, 6.45) is 1.41. The maximum Gasteiger partial charge on any atom is 0.409 e. The Kier molecular flexibility index (Phi) is 9.98. The molecular formula is C20H32FIN4O2. The highest BCUT2D eigenvalue weighted by Crippen LogP contribution is 2.24. The zero-order valence-electron chi connectivity index (χ0n) is 17.1. The average Bonchev–Trinajstić information content (AvgIpc) is 2.66. The van der Waals surface area contributed by atoms with Gasteiger partial charge < -0.3 is 20.3 Å². The van der Waals surface area contributed by atoms with Gasteiger partial charge in [-0.15, -0.1) is 24.0 Å². The molecule has 0 spiro atoms. The fourth-order valence-corrected chi connectivity index (χ4v) is 3.22. The number of amides is 1. The first-order valence-electron chi connectivity index (χ1n) is 9.51. The number of carbonyl (C=O) groups is 1. The first-order chi connectivity index (χ1) is 12.9. The van der Waals surface area contributed by atoms with Gasteiger partial charge in [-0.25, -0.2) is 9.18 Å². The van der Waals surface area contributed by atoms with Gasteiger partial charge in [0.25, 0.3) is 0 Å². The number of nitrogens with one attached hydrogen (secondary N) is 2. The van der Waals surface area contributed by atoms with Gasteiger partial charge >= 0.3 is 6.09 Å². The molecule has 1 heterocycles. The minimum Gasteiger partial charge on any atom is -0.450 e. The van der Waals surface area contributed by atoms with E-state index in [-0.39, 0.29) is 47.3 Å². The molecule has 1 aromatic rings. The van der Waals surface area contributed by atoms with Crippen molar-refractivity contribution in [1.29, 1.82) is 0 Å². The number of ether oxygens (including phenoxy) is 1. The van der Waals surface area contributed by atoms with E-state index in [0.29, 0.717) is 37.8 Å². The van der Waals surface area contributed by atoms with E-state index in [2.05, 4.69) is 15.6 Å². The van der Waals surface area contributed by atoms with Crippen molar-refractivity contribution in [1.82, 2.24) is 15.5 Å². The predicted octanol–water partition coefficient (Wildman–Crippen LogP) is 3.51. The lowest BCUT2D eigenvalue weighted by Gasteiger charge is -2.33. The van der Waals surface area contributed by atoms with E-state index in [4.69, 9.17) is 4.74 Å². The molecule has 6 nitrogen and oxygen atoms in total. The Hall–Kier alpha value is -1.58. The van der Waals surface area contributed by atoms with E-state index < -0.39 is 0 Å². The Morgan fingerprint density at radius 3 is 2.54 bits per heavy atom. The second-order valence-corrected chi connectivity index (χ2v) is 7.39. The second kappa shape index (κ2) is 11.4. The molecule has 2 rings (SSSR count). The molecule has 1 saturated heterocycles. The number of nitrogens with zero attached hydrogens (tertiary/aromatic N) is 2. The van der Waals surface area contributed by atoms with Gasteiger partial charge in [0, 0.05) is 38.1 Å². The number of hydrogen-bond acceptors (Lipinski definition) is 3. The summed E-state index contributed by atoms with van der Waals surface area (Å²) >= 11 is 0. The monoisotopic (exact) mass is 506 g/mol. The molecule has 0 unspecified atom stereocenters. The van der Waals surface area contributed by atoms with E-state index >= 15 is 0 Å². The average molecular weight is 506 g/mol. The summed E-state index contributed by atoms with van der Waals surface area (Å²) in [7, 11) is 1.72. The van der Waals surface area contributed by atoms with Crippen LogP contribution in [0.4, 0.5) is 9.18 Å². The second-order valence-electron chi connectivity index (χ2n) is 7.39. The van der Waals surface area contributed by atoms with Crippen molar-refractivity contribution in [2.24, 2.45) is 4.99 Å². The summed E-state index contributed by atoms with van der Waals surface area (Å²) < 4.78 is 19.2. The van der Waals surface area contributed by atoms with Crippen LogP contribution in [0, 0.1) is 5.82 Å². The standard InChI is InChI=1S/C20H31FN4O2.HI/c1-5-27-19(26)25-12-10-15(11-13-25)24-18(22-4)23-14-20(2,3)16-8-6-7-9-17(16)21;/h6-9,15H,5,10-14H2,1-4H3,(H2,22,23,24);1H. The molecule has 1 amide bonds. The number of carbonyl (C=O) groups excluding carboxylic acids is 1.